The van der Waals surface area contributed by atoms with Gasteiger partial charge in [0.1, 0.15) is 24.6 Å². The normalized spacial score (nSPS) is 27.3. The minimum Gasteiger partial charge on any atom is -0.387 e. The molecule has 1 aliphatic heterocycles. The third-order valence-corrected chi connectivity index (χ3v) is 5.42. The number of fused-ring (bicyclic) bond motifs is 1. The number of hydrogen-bond acceptors (Lipinski definition) is 9. The number of rotatable bonds is 5. The summed E-state index contributed by atoms with van der Waals surface area (Å²) in [5, 5.41) is 23.9. The van der Waals surface area contributed by atoms with Crippen LogP contribution < -0.4 is 5.32 Å². The number of nitrogens with zero attached hydrogens (tertiary/aromatic N) is 4. The lowest BCUT2D eigenvalue weighted by Crippen LogP contribution is -2.39. The van der Waals surface area contributed by atoms with Gasteiger partial charge in [-0.25, -0.2) is 15.0 Å². The van der Waals surface area contributed by atoms with E-state index in [-0.39, 0.29) is 5.54 Å². The van der Waals surface area contributed by atoms with Gasteiger partial charge in [-0.2, -0.15) is 0 Å². The number of aliphatic hydroxyl groups is 2. The van der Waals surface area contributed by atoms with Gasteiger partial charge in [0, 0.05) is 12.6 Å². The van der Waals surface area contributed by atoms with Gasteiger partial charge in [0.2, 0.25) is 0 Å². The molecular weight excluding hydrogens is 393 g/mol. The number of hydrogen-bond donors (Lipinski definition) is 5. The van der Waals surface area contributed by atoms with Crippen LogP contribution in [0.15, 0.2) is 12.7 Å². The lowest BCUT2D eigenvalue weighted by molar-refractivity contribution is -0.0761. The maximum absolute atomic E-state index is 11.6. The van der Waals surface area contributed by atoms with Crippen LogP contribution in [0.4, 0.5) is 5.82 Å². The summed E-state index contributed by atoms with van der Waals surface area (Å²) >= 11 is 0. The standard InChI is InChI=1S/C15H24N5O7P/c1-15(2,3)19-11-7-12(17-5-16-11)20(6-18-7)13-9(22)8(21)10(27-13)14(26-4)28(23,24)25/h5-6,8-10,13-14,21-22H,1-4H3,(H,16,17,19)(H2,23,24,25)/t8-,9+,10+,13+,14?/m0/s1. The second-order valence-corrected chi connectivity index (χ2v) is 9.30. The van der Waals surface area contributed by atoms with Crippen molar-refractivity contribution in [3.63, 3.8) is 0 Å². The SMILES string of the molecule is COC([C@@H]1O[C@@H](n2cnc3c(NC(C)(C)C)ncnc32)[C@H](O)[C@@H]1O)P(=O)(O)O. The third-order valence-electron chi connectivity index (χ3n) is 4.26. The maximum atomic E-state index is 11.6. The Balaban J connectivity index is 1.97. The van der Waals surface area contributed by atoms with Crippen LogP contribution in [0.3, 0.4) is 0 Å². The molecule has 1 saturated heterocycles. The number of imidazole rings is 1. The lowest BCUT2D eigenvalue weighted by Gasteiger charge is -2.24. The summed E-state index contributed by atoms with van der Waals surface area (Å²) in [4.78, 5) is 31.5. The fourth-order valence-corrected chi connectivity index (χ4v) is 4.00. The van der Waals surface area contributed by atoms with E-state index in [1.807, 2.05) is 20.8 Å². The van der Waals surface area contributed by atoms with Crippen LogP contribution in [0.25, 0.3) is 11.2 Å². The van der Waals surface area contributed by atoms with E-state index < -0.39 is 38.0 Å². The van der Waals surface area contributed by atoms with E-state index in [0.29, 0.717) is 17.0 Å². The number of aromatic nitrogens is 4. The van der Waals surface area contributed by atoms with E-state index in [1.165, 1.54) is 17.2 Å². The molecule has 1 aliphatic rings. The van der Waals surface area contributed by atoms with E-state index in [1.54, 1.807) is 0 Å². The van der Waals surface area contributed by atoms with Gasteiger partial charge in [-0.05, 0) is 20.8 Å². The largest absolute Gasteiger partial charge is 0.387 e. The van der Waals surface area contributed by atoms with Crippen LogP contribution in [0.5, 0.6) is 0 Å². The highest BCUT2D eigenvalue weighted by molar-refractivity contribution is 7.52. The van der Waals surface area contributed by atoms with Gasteiger partial charge in [0.25, 0.3) is 0 Å². The van der Waals surface area contributed by atoms with Crippen molar-refractivity contribution in [3.05, 3.63) is 12.7 Å². The first-order chi connectivity index (χ1) is 12.9. The number of methoxy groups -OCH3 is 1. The molecular formula is C15H24N5O7P. The van der Waals surface area contributed by atoms with Gasteiger partial charge in [-0.1, -0.05) is 0 Å². The zero-order chi connectivity index (χ0) is 20.9. The molecule has 1 fully saturated rings. The van der Waals surface area contributed by atoms with E-state index in [9.17, 15) is 24.6 Å². The van der Waals surface area contributed by atoms with Gasteiger partial charge in [-0.3, -0.25) is 9.13 Å². The first-order valence-electron chi connectivity index (χ1n) is 8.49. The summed E-state index contributed by atoms with van der Waals surface area (Å²) < 4.78 is 23.4. The molecule has 0 saturated carbocycles. The molecule has 13 heteroatoms. The molecule has 5 N–H and O–H groups in total. The fourth-order valence-electron chi connectivity index (χ4n) is 3.10. The average molecular weight is 417 g/mol. The number of nitrogens with one attached hydrogen (secondary N) is 1. The number of anilines is 1. The quantitative estimate of drug-likeness (QED) is 0.408. The molecule has 1 unspecified atom stereocenters. The second kappa shape index (κ2) is 7.30. The molecule has 3 rings (SSSR count). The van der Waals surface area contributed by atoms with Crippen LogP contribution in [-0.2, 0) is 14.0 Å². The van der Waals surface area contributed by atoms with Crippen molar-refractivity contribution in [2.75, 3.05) is 12.4 Å². The van der Waals surface area contributed by atoms with Gasteiger partial charge in [0.15, 0.2) is 29.1 Å². The summed E-state index contributed by atoms with van der Waals surface area (Å²) in [6, 6.07) is 0. The molecule has 0 bridgehead atoms. The number of aliphatic hydroxyl groups excluding tert-OH is 2. The molecule has 0 aromatic carbocycles. The van der Waals surface area contributed by atoms with E-state index >= 15 is 0 Å². The van der Waals surface area contributed by atoms with Crippen LogP contribution in [0.1, 0.15) is 27.0 Å². The van der Waals surface area contributed by atoms with Crippen molar-refractivity contribution < 1.29 is 34.0 Å². The molecule has 0 spiro atoms. The highest BCUT2D eigenvalue weighted by atomic mass is 31.2. The summed E-state index contributed by atoms with van der Waals surface area (Å²) in [6.45, 7) is 5.86. The Kier molecular flexibility index (Phi) is 5.49. The van der Waals surface area contributed by atoms with Crippen LogP contribution in [-0.4, -0.2) is 76.3 Å². The summed E-state index contributed by atoms with van der Waals surface area (Å²) in [5.41, 5.74) is 0.457. The molecule has 0 radical (unpaired) electrons. The Morgan fingerprint density at radius 1 is 1.25 bits per heavy atom. The summed E-state index contributed by atoms with van der Waals surface area (Å²) in [5.74, 6) is -1.25. The zero-order valence-corrected chi connectivity index (χ0v) is 16.7. The molecule has 2 aromatic rings. The van der Waals surface area contributed by atoms with Gasteiger partial charge in [0.05, 0.1) is 6.33 Å². The van der Waals surface area contributed by atoms with Crippen LogP contribution in [0, 0.1) is 0 Å². The Morgan fingerprint density at radius 3 is 2.50 bits per heavy atom. The van der Waals surface area contributed by atoms with E-state index in [2.05, 4.69) is 20.3 Å². The lowest BCUT2D eigenvalue weighted by atomic mass is 10.1. The molecule has 5 atom stereocenters. The predicted molar refractivity (Wildman–Crippen MR) is 97.5 cm³/mol. The smallest absolute Gasteiger partial charge is 0.356 e. The van der Waals surface area contributed by atoms with Crippen molar-refractivity contribution >= 4 is 24.6 Å². The van der Waals surface area contributed by atoms with Crippen molar-refractivity contribution in [2.24, 2.45) is 0 Å². The highest BCUT2D eigenvalue weighted by Gasteiger charge is 2.52. The number of ether oxygens (including phenoxy) is 2. The fraction of sp³-hybridized carbons (Fsp3) is 0.667. The molecule has 2 aromatic heterocycles. The van der Waals surface area contributed by atoms with Crippen molar-refractivity contribution in [3.8, 4) is 0 Å². The second-order valence-electron chi connectivity index (χ2n) is 7.61. The Bertz CT molecular complexity index is 895. The molecule has 156 valence electrons. The molecule has 0 amide bonds. The Labute approximate surface area is 160 Å². The minimum atomic E-state index is -4.75. The third kappa shape index (κ3) is 3.90. The van der Waals surface area contributed by atoms with Crippen LogP contribution in [0.2, 0.25) is 0 Å². The van der Waals surface area contributed by atoms with Crippen molar-refractivity contribution in [1.29, 1.82) is 0 Å². The first kappa shape index (κ1) is 21.1. The van der Waals surface area contributed by atoms with Gasteiger partial charge < -0.3 is 34.8 Å². The van der Waals surface area contributed by atoms with E-state index in [0.717, 1.165) is 7.11 Å². The average Bonchev–Trinajstić information content (AvgIpc) is 3.10. The Hall–Kier alpha value is -1.66. The summed E-state index contributed by atoms with van der Waals surface area (Å²) in [7, 11) is -3.66. The first-order valence-corrected chi connectivity index (χ1v) is 10.2. The highest BCUT2D eigenvalue weighted by Crippen LogP contribution is 2.48. The predicted octanol–water partition coefficient (Wildman–Crippen LogP) is -0.194. The van der Waals surface area contributed by atoms with Crippen molar-refractivity contribution in [1.82, 2.24) is 19.5 Å². The Morgan fingerprint density at radius 2 is 1.93 bits per heavy atom. The molecule has 12 nitrogen and oxygen atoms in total. The molecule has 28 heavy (non-hydrogen) atoms. The van der Waals surface area contributed by atoms with Gasteiger partial charge in [-0.15, -0.1) is 0 Å². The van der Waals surface area contributed by atoms with E-state index in [4.69, 9.17) is 9.47 Å². The van der Waals surface area contributed by atoms with Gasteiger partial charge >= 0.3 is 7.60 Å². The summed E-state index contributed by atoms with van der Waals surface area (Å²) in [6.07, 6.45) is -3.02. The molecule has 3 heterocycles. The minimum absolute atomic E-state index is 0.287. The molecule has 0 aliphatic carbocycles. The van der Waals surface area contributed by atoms with Crippen LogP contribution >= 0.6 is 7.60 Å². The van der Waals surface area contributed by atoms with Crippen molar-refractivity contribution in [2.45, 2.75) is 56.7 Å². The zero-order valence-electron chi connectivity index (χ0n) is 15.8. The monoisotopic (exact) mass is 417 g/mol. The maximum Gasteiger partial charge on any atom is 0.356 e. The topological polar surface area (TPSA) is 172 Å².